The standard InChI is InChI=1S/C25H21N3O7/c26-23(29)13-22(24(30)35-16-11-9-15(10-12-16)28(32)33)27-25(31)34-14-21-19-7-3-1-5-17(19)18-6-2-4-8-20(18)21/h1-12,21-22H,13-14H2,(H2,26,29)(H,27,31)/t22-/m0/s1. The van der Waals surface area contributed by atoms with E-state index in [4.69, 9.17) is 15.2 Å². The van der Waals surface area contributed by atoms with E-state index in [1.54, 1.807) is 0 Å². The lowest BCUT2D eigenvalue weighted by Gasteiger charge is -2.18. The van der Waals surface area contributed by atoms with Crippen LogP contribution >= 0.6 is 0 Å². The normalized spacial score (nSPS) is 12.7. The van der Waals surface area contributed by atoms with Crippen LogP contribution in [-0.2, 0) is 14.3 Å². The zero-order valence-corrected chi connectivity index (χ0v) is 18.4. The zero-order valence-electron chi connectivity index (χ0n) is 18.4. The topological polar surface area (TPSA) is 151 Å². The number of fused-ring (bicyclic) bond motifs is 3. The number of hydrogen-bond acceptors (Lipinski definition) is 7. The van der Waals surface area contributed by atoms with Crippen LogP contribution in [0.25, 0.3) is 11.1 Å². The maximum atomic E-state index is 12.6. The first-order chi connectivity index (χ1) is 16.8. The molecule has 4 rings (SSSR count). The number of non-ortho nitro benzene ring substituents is 1. The molecular weight excluding hydrogens is 454 g/mol. The molecule has 0 heterocycles. The lowest BCUT2D eigenvalue weighted by molar-refractivity contribution is -0.384. The number of esters is 1. The third-order valence-electron chi connectivity index (χ3n) is 5.59. The Bertz CT molecular complexity index is 1240. The molecule has 3 aromatic carbocycles. The van der Waals surface area contributed by atoms with E-state index in [1.807, 2.05) is 48.5 Å². The van der Waals surface area contributed by atoms with Crippen LogP contribution in [-0.4, -0.2) is 35.5 Å². The molecule has 0 saturated heterocycles. The molecule has 35 heavy (non-hydrogen) atoms. The Kier molecular flexibility index (Phi) is 6.72. The number of nitrogens with two attached hydrogens (primary N) is 1. The monoisotopic (exact) mass is 475 g/mol. The molecule has 0 radical (unpaired) electrons. The smallest absolute Gasteiger partial charge is 0.407 e. The molecule has 0 bridgehead atoms. The van der Waals surface area contributed by atoms with Gasteiger partial charge in [0, 0.05) is 18.1 Å². The van der Waals surface area contributed by atoms with Gasteiger partial charge in [-0.25, -0.2) is 9.59 Å². The third kappa shape index (κ3) is 5.27. The number of carbonyl (C=O) groups is 3. The first-order valence-electron chi connectivity index (χ1n) is 10.7. The number of benzene rings is 3. The maximum absolute atomic E-state index is 12.6. The number of nitro benzene ring substituents is 1. The van der Waals surface area contributed by atoms with Gasteiger partial charge in [-0.3, -0.25) is 14.9 Å². The fraction of sp³-hybridized carbons (Fsp3) is 0.160. The molecule has 3 N–H and O–H groups in total. The Morgan fingerprint density at radius 2 is 1.51 bits per heavy atom. The molecule has 0 fully saturated rings. The van der Waals surface area contributed by atoms with Crippen LogP contribution in [0.2, 0.25) is 0 Å². The van der Waals surface area contributed by atoms with E-state index < -0.39 is 35.4 Å². The molecule has 0 saturated carbocycles. The van der Waals surface area contributed by atoms with Crippen LogP contribution in [0.5, 0.6) is 5.75 Å². The predicted molar refractivity (Wildman–Crippen MR) is 125 cm³/mol. The van der Waals surface area contributed by atoms with Crippen molar-refractivity contribution in [2.45, 2.75) is 18.4 Å². The number of hydrogen-bond donors (Lipinski definition) is 2. The molecule has 0 unspecified atom stereocenters. The number of ether oxygens (including phenoxy) is 2. The fourth-order valence-corrected chi connectivity index (χ4v) is 4.00. The van der Waals surface area contributed by atoms with Gasteiger partial charge in [0.05, 0.1) is 11.3 Å². The second-order valence-electron chi connectivity index (χ2n) is 7.87. The second kappa shape index (κ2) is 10.0. The largest absolute Gasteiger partial charge is 0.449 e. The number of nitrogens with zero attached hydrogens (tertiary/aromatic N) is 1. The van der Waals surface area contributed by atoms with Crippen LogP contribution in [0.4, 0.5) is 10.5 Å². The average Bonchev–Trinajstić information content (AvgIpc) is 3.16. The lowest BCUT2D eigenvalue weighted by Crippen LogP contribution is -2.45. The summed E-state index contributed by atoms with van der Waals surface area (Å²) in [6.07, 6.45) is -1.44. The van der Waals surface area contributed by atoms with Gasteiger partial charge in [-0.2, -0.15) is 0 Å². The fourth-order valence-electron chi connectivity index (χ4n) is 4.00. The molecule has 0 aromatic heterocycles. The summed E-state index contributed by atoms with van der Waals surface area (Å²) >= 11 is 0. The molecule has 3 aromatic rings. The van der Waals surface area contributed by atoms with Crippen LogP contribution in [0, 0.1) is 10.1 Å². The van der Waals surface area contributed by atoms with Crippen molar-refractivity contribution in [3.63, 3.8) is 0 Å². The van der Waals surface area contributed by atoms with Crippen molar-refractivity contribution in [3.8, 4) is 16.9 Å². The van der Waals surface area contributed by atoms with Crippen molar-refractivity contribution in [1.82, 2.24) is 5.32 Å². The minimum atomic E-state index is -1.40. The van der Waals surface area contributed by atoms with Gasteiger partial charge in [0.15, 0.2) is 0 Å². The highest BCUT2D eigenvalue weighted by molar-refractivity contribution is 5.88. The summed E-state index contributed by atoms with van der Waals surface area (Å²) in [6.45, 7) is 0.0144. The van der Waals surface area contributed by atoms with E-state index in [2.05, 4.69) is 5.32 Å². The lowest BCUT2D eigenvalue weighted by atomic mass is 9.98. The third-order valence-corrected chi connectivity index (χ3v) is 5.59. The van der Waals surface area contributed by atoms with Crippen LogP contribution in [0.15, 0.2) is 72.8 Å². The molecule has 0 spiro atoms. The Morgan fingerprint density at radius 1 is 0.943 bits per heavy atom. The number of primary amides is 1. The number of alkyl carbamates (subject to hydrolysis) is 1. The predicted octanol–water partition coefficient (Wildman–Crippen LogP) is 3.28. The number of rotatable bonds is 8. The highest BCUT2D eigenvalue weighted by Crippen LogP contribution is 2.44. The maximum Gasteiger partial charge on any atom is 0.407 e. The van der Waals surface area contributed by atoms with E-state index in [1.165, 1.54) is 12.1 Å². The van der Waals surface area contributed by atoms with Crippen LogP contribution in [0.3, 0.4) is 0 Å². The Labute approximate surface area is 199 Å². The van der Waals surface area contributed by atoms with Gasteiger partial charge in [0.1, 0.15) is 18.4 Å². The first kappa shape index (κ1) is 23.4. The van der Waals surface area contributed by atoms with E-state index in [0.29, 0.717) is 0 Å². The summed E-state index contributed by atoms with van der Waals surface area (Å²) in [5.41, 5.74) is 9.21. The summed E-state index contributed by atoms with van der Waals surface area (Å²) in [6, 6.07) is 19.0. The van der Waals surface area contributed by atoms with E-state index >= 15 is 0 Å². The van der Waals surface area contributed by atoms with Crippen LogP contribution < -0.4 is 15.8 Å². The van der Waals surface area contributed by atoms with Crippen molar-refractivity contribution < 1.29 is 28.8 Å². The van der Waals surface area contributed by atoms with Gasteiger partial charge in [-0.1, -0.05) is 48.5 Å². The Balaban J connectivity index is 1.41. The first-order valence-corrected chi connectivity index (χ1v) is 10.7. The van der Waals surface area contributed by atoms with E-state index in [-0.39, 0.29) is 24.0 Å². The summed E-state index contributed by atoms with van der Waals surface area (Å²) in [5, 5.41) is 13.1. The molecule has 2 amide bonds. The molecular formula is C25H21N3O7. The number of nitrogens with one attached hydrogen (secondary N) is 1. The second-order valence-corrected chi connectivity index (χ2v) is 7.87. The zero-order chi connectivity index (χ0) is 24.9. The van der Waals surface area contributed by atoms with Gasteiger partial charge in [-0.15, -0.1) is 0 Å². The summed E-state index contributed by atoms with van der Waals surface area (Å²) < 4.78 is 10.6. The molecule has 178 valence electrons. The summed E-state index contributed by atoms with van der Waals surface area (Å²) in [5.74, 6) is -1.99. The molecule has 0 aliphatic heterocycles. The van der Waals surface area contributed by atoms with Gasteiger partial charge in [0.25, 0.3) is 5.69 Å². The molecule has 10 nitrogen and oxygen atoms in total. The Morgan fingerprint density at radius 3 is 2.06 bits per heavy atom. The summed E-state index contributed by atoms with van der Waals surface area (Å²) in [4.78, 5) is 46.7. The SMILES string of the molecule is NC(=O)C[C@H](NC(=O)OCC1c2ccccc2-c2ccccc21)C(=O)Oc1ccc([N+](=O)[O-])cc1. The van der Waals surface area contributed by atoms with Gasteiger partial charge in [0.2, 0.25) is 5.91 Å². The highest BCUT2D eigenvalue weighted by Gasteiger charge is 2.30. The van der Waals surface area contributed by atoms with E-state index in [9.17, 15) is 24.5 Å². The Hall–Kier alpha value is -4.73. The van der Waals surface area contributed by atoms with Crippen LogP contribution in [0.1, 0.15) is 23.5 Å². The highest BCUT2D eigenvalue weighted by atomic mass is 16.6. The van der Waals surface area contributed by atoms with Crippen molar-refractivity contribution in [3.05, 3.63) is 94.0 Å². The number of nitro groups is 1. The molecule has 1 aliphatic carbocycles. The minimum absolute atomic E-state index is 0.00408. The molecule has 10 heteroatoms. The van der Waals surface area contributed by atoms with Crippen molar-refractivity contribution in [1.29, 1.82) is 0 Å². The molecule has 1 aliphatic rings. The van der Waals surface area contributed by atoms with Crippen molar-refractivity contribution in [2.75, 3.05) is 6.61 Å². The van der Waals surface area contributed by atoms with Crippen molar-refractivity contribution >= 4 is 23.7 Å². The van der Waals surface area contributed by atoms with Gasteiger partial charge >= 0.3 is 12.1 Å². The molecule has 1 atom stereocenters. The van der Waals surface area contributed by atoms with Crippen molar-refractivity contribution in [2.24, 2.45) is 5.73 Å². The van der Waals surface area contributed by atoms with E-state index in [0.717, 1.165) is 34.4 Å². The number of amides is 2. The van der Waals surface area contributed by atoms with Gasteiger partial charge in [-0.05, 0) is 34.4 Å². The average molecular weight is 475 g/mol. The summed E-state index contributed by atoms with van der Waals surface area (Å²) in [7, 11) is 0. The number of carbonyl (C=O) groups excluding carboxylic acids is 3. The quantitative estimate of drug-likeness (QED) is 0.220. The van der Waals surface area contributed by atoms with Gasteiger partial charge < -0.3 is 20.5 Å². The minimum Gasteiger partial charge on any atom is -0.449 e.